The van der Waals surface area contributed by atoms with Crippen molar-refractivity contribution in [1.82, 2.24) is 30.0 Å². The molecule has 3 aliphatic rings. The van der Waals surface area contributed by atoms with Crippen molar-refractivity contribution in [2.24, 2.45) is 5.41 Å². The minimum absolute atomic E-state index is 0.172. The molecule has 1 spiro atoms. The van der Waals surface area contributed by atoms with Gasteiger partial charge in [0, 0.05) is 19.2 Å². The highest BCUT2D eigenvalue weighted by Crippen LogP contribution is 2.43. The summed E-state index contributed by atoms with van der Waals surface area (Å²) in [7, 11) is 0. The number of amides is 1. The number of aryl methyl sites for hydroxylation is 1. The third-order valence-electron chi connectivity index (χ3n) is 6.96. The molecule has 162 valence electrons. The highest BCUT2D eigenvalue weighted by Gasteiger charge is 2.49. The number of carbonyl (C=O) groups is 2. The number of benzene rings is 1. The van der Waals surface area contributed by atoms with Crippen LogP contribution in [0.3, 0.4) is 0 Å². The van der Waals surface area contributed by atoms with Crippen molar-refractivity contribution >= 4 is 11.9 Å². The normalized spacial score (nSPS) is 21.1. The number of nitrogens with zero attached hydrogens (tertiary/aromatic N) is 6. The average molecular weight is 422 g/mol. The van der Waals surface area contributed by atoms with Crippen molar-refractivity contribution in [2.75, 3.05) is 32.8 Å². The Balaban J connectivity index is 1.16. The van der Waals surface area contributed by atoms with Crippen LogP contribution in [0.5, 0.6) is 0 Å². The van der Waals surface area contributed by atoms with Crippen molar-refractivity contribution in [1.29, 1.82) is 0 Å². The van der Waals surface area contributed by atoms with Crippen LogP contribution in [0, 0.1) is 12.3 Å². The van der Waals surface area contributed by atoms with E-state index in [0.717, 1.165) is 56.7 Å². The van der Waals surface area contributed by atoms with E-state index in [-0.39, 0.29) is 23.9 Å². The van der Waals surface area contributed by atoms with Gasteiger partial charge in [0.05, 0.1) is 16.8 Å². The molecule has 0 radical (unpaired) electrons. The highest BCUT2D eigenvalue weighted by molar-refractivity contribution is 5.90. The summed E-state index contributed by atoms with van der Waals surface area (Å²) < 4.78 is 6.65. The number of carbonyl (C=O) groups excluding carboxylic acids is 2. The van der Waals surface area contributed by atoms with Gasteiger partial charge in [0.1, 0.15) is 12.9 Å². The van der Waals surface area contributed by atoms with E-state index in [0.29, 0.717) is 6.54 Å². The molecule has 3 aliphatic heterocycles. The minimum Gasteiger partial charge on any atom is -0.456 e. The standard InChI is InChI=1S/C22H26N6O3/c1-16-12-18(28-15-23-24-25-28)3-2-17(16)4-8-26-9-5-22(6-10-26)7-11-27(21(22)30)19-13-20(29)31-14-19/h2-3,12-13,15H,4-11,14H2,1H3. The maximum atomic E-state index is 13.1. The summed E-state index contributed by atoms with van der Waals surface area (Å²) >= 11 is 0. The average Bonchev–Trinajstić information content (AvgIpc) is 3.51. The second kappa shape index (κ2) is 7.88. The molecule has 4 heterocycles. The predicted octanol–water partition coefficient (Wildman–Crippen LogP) is 1.27. The molecule has 0 unspecified atom stereocenters. The summed E-state index contributed by atoms with van der Waals surface area (Å²) in [5, 5.41) is 11.3. The number of hydrogen-bond donors (Lipinski definition) is 0. The fourth-order valence-corrected chi connectivity index (χ4v) is 4.94. The van der Waals surface area contributed by atoms with E-state index in [1.54, 1.807) is 15.9 Å². The molecule has 9 nitrogen and oxygen atoms in total. The van der Waals surface area contributed by atoms with Gasteiger partial charge in [0.25, 0.3) is 0 Å². The number of tetrazole rings is 1. The van der Waals surface area contributed by atoms with Crippen LogP contribution in [0.25, 0.3) is 5.69 Å². The van der Waals surface area contributed by atoms with Gasteiger partial charge in [-0.3, -0.25) is 4.79 Å². The lowest BCUT2D eigenvalue weighted by molar-refractivity contribution is -0.138. The Labute approximate surface area is 180 Å². The largest absolute Gasteiger partial charge is 0.456 e. The van der Waals surface area contributed by atoms with Gasteiger partial charge in [-0.1, -0.05) is 6.07 Å². The molecule has 1 aromatic heterocycles. The van der Waals surface area contributed by atoms with Crippen LogP contribution in [-0.4, -0.2) is 74.7 Å². The van der Waals surface area contributed by atoms with Crippen LogP contribution in [-0.2, 0) is 20.7 Å². The van der Waals surface area contributed by atoms with Gasteiger partial charge >= 0.3 is 5.97 Å². The number of ether oxygens (including phenoxy) is 1. The van der Waals surface area contributed by atoms with Gasteiger partial charge in [0.15, 0.2) is 0 Å². The monoisotopic (exact) mass is 422 g/mol. The Morgan fingerprint density at radius 2 is 1.94 bits per heavy atom. The van der Waals surface area contributed by atoms with Crippen LogP contribution in [0.2, 0.25) is 0 Å². The van der Waals surface area contributed by atoms with Gasteiger partial charge in [-0.25, -0.2) is 9.48 Å². The first-order valence-corrected chi connectivity index (χ1v) is 10.8. The Kier molecular flexibility index (Phi) is 5.05. The molecule has 2 fully saturated rings. The number of esters is 1. The molecule has 0 saturated carbocycles. The molecule has 31 heavy (non-hydrogen) atoms. The molecule has 5 rings (SSSR count). The Morgan fingerprint density at radius 3 is 2.61 bits per heavy atom. The van der Waals surface area contributed by atoms with Gasteiger partial charge in [0.2, 0.25) is 5.91 Å². The number of aromatic nitrogens is 4. The zero-order valence-electron chi connectivity index (χ0n) is 17.7. The van der Waals surface area contributed by atoms with Gasteiger partial charge in [-0.15, -0.1) is 5.10 Å². The zero-order valence-corrected chi connectivity index (χ0v) is 17.7. The number of cyclic esters (lactones) is 1. The lowest BCUT2D eigenvalue weighted by Gasteiger charge is -2.38. The molecular formula is C22H26N6O3. The molecule has 0 N–H and O–H groups in total. The molecule has 9 heteroatoms. The van der Waals surface area contributed by atoms with Crippen molar-refractivity contribution in [3.63, 3.8) is 0 Å². The first kappa shape index (κ1) is 19.9. The summed E-state index contributed by atoms with van der Waals surface area (Å²) in [6.07, 6.45) is 6.64. The summed E-state index contributed by atoms with van der Waals surface area (Å²) in [6.45, 7) is 5.86. The van der Waals surface area contributed by atoms with Crippen LogP contribution in [0.4, 0.5) is 0 Å². The van der Waals surface area contributed by atoms with E-state index in [9.17, 15) is 9.59 Å². The first-order valence-electron chi connectivity index (χ1n) is 10.8. The van der Waals surface area contributed by atoms with E-state index in [1.165, 1.54) is 17.2 Å². The second-order valence-corrected chi connectivity index (χ2v) is 8.69. The van der Waals surface area contributed by atoms with E-state index in [4.69, 9.17) is 4.74 Å². The topological polar surface area (TPSA) is 93.5 Å². The minimum atomic E-state index is -0.347. The number of hydrogen-bond acceptors (Lipinski definition) is 7. The summed E-state index contributed by atoms with van der Waals surface area (Å²) in [6, 6.07) is 6.30. The molecule has 2 aromatic rings. The lowest BCUT2D eigenvalue weighted by Crippen LogP contribution is -2.45. The smallest absolute Gasteiger partial charge is 0.333 e. The Bertz CT molecular complexity index is 1020. The van der Waals surface area contributed by atoms with E-state index in [2.05, 4.69) is 39.5 Å². The highest BCUT2D eigenvalue weighted by atomic mass is 16.5. The molecule has 1 amide bonds. The third kappa shape index (κ3) is 3.74. The van der Waals surface area contributed by atoms with Gasteiger partial charge in [-0.2, -0.15) is 0 Å². The van der Waals surface area contributed by atoms with E-state index >= 15 is 0 Å². The Morgan fingerprint density at radius 1 is 1.13 bits per heavy atom. The van der Waals surface area contributed by atoms with Crippen LogP contribution >= 0.6 is 0 Å². The molecule has 0 bridgehead atoms. The van der Waals surface area contributed by atoms with Crippen molar-refractivity contribution < 1.29 is 14.3 Å². The summed E-state index contributed by atoms with van der Waals surface area (Å²) in [4.78, 5) is 28.7. The molecule has 0 atom stereocenters. The number of rotatable bonds is 5. The quantitative estimate of drug-likeness (QED) is 0.670. The summed E-state index contributed by atoms with van der Waals surface area (Å²) in [5.41, 5.74) is 3.95. The third-order valence-corrected chi connectivity index (χ3v) is 6.96. The fourth-order valence-electron chi connectivity index (χ4n) is 4.94. The van der Waals surface area contributed by atoms with Crippen molar-refractivity contribution in [3.05, 3.63) is 47.4 Å². The summed E-state index contributed by atoms with van der Waals surface area (Å²) in [5.74, 6) is -0.175. The van der Waals surface area contributed by atoms with Crippen molar-refractivity contribution in [2.45, 2.75) is 32.6 Å². The molecule has 1 aromatic carbocycles. The first-order chi connectivity index (χ1) is 15.0. The van der Waals surface area contributed by atoms with Gasteiger partial charge in [-0.05, 0) is 79.4 Å². The molecule has 2 saturated heterocycles. The van der Waals surface area contributed by atoms with E-state index < -0.39 is 0 Å². The lowest BCUT2D eigenvalue weighted by atomic mass is 9.77. The van der Waals surface area contributed by atoms with Gasteiger partial charge < -0.3 is 14.5 Å². The SMILES string of the molecule is Cc1cc(-n2cnnn2)ccc1CCN1CCC2(CC1)CCN(C1=CC(=O)OC1)C2=O. The number of piperidine rings is 1. The van der Waals surface area contributed by atoms with Crippen molar-refractivity contribution in [3.8, 4) is 5.69 Å². The second-order valence-electron chi connectivity index (χ2n) is 8.69. The van der Waals surface area contributed by atoms with Crippen LogP contribution in [0.15, 0.2) is 36.3 Å². The Hall–Kier alpha value is -3.07. The predicted molar refractivity (Wildman–Crippen MR) is 111 cm³/mol. The van der Waals surface area contributed by atoms with E-state index in [1.807, 2.05) is 6.07 Å². The van der Waals surface area contributed by atoms with Crippen LogP contribution in [0.1, 0.15) is 30.4 Å². The van der Waals surface area contributed by atoms with Crippen LogP contribution < -0.4 is 0 Å². The molecule has 0 aliphatic carbocycles. The molecular weight excluding hydrogens is 396 g/mol. The fraction of sp³-hybridized carbons (Fsp3) is 0.500. The maximum Gasteiger partial charge on any atom is 0.333 e. The zero-order chi connectivity index (χ0) is 21.4. The number of likely N-dealkylation sites (tertiary alicyclic amines) is 2. The maximum absolute atomic E-state index is 13.1.